The molecule has 3 aromatic rings. The van der Waals surface area contributed by atoms with Crippen molar-refractivity contribution in [2.75, 3.05) is 25.0 Å². The zero-order chi connectivity index (χ0) is 20.1. The van der Waals surface area contributed by atoms with Crippen LogP contribution in [0.25, 0.3) is 11.3 Å². The number of anilines is 1. The molecule has 1 aromatic carbocycles. The molecule has 1 atom stereocenters. The average molecular weight is 395 g/mol. The Hall–Kier alpha value is -3.06. The summed E-state index contributed by atoms with van der Waals surface area (Å²) in [6.45, 7) is 4.25. The van der Waals surface area contributed by atoms with E-state index in [-0.39, 0.29) is 12.0 Å². The van der Waals surface area contributed by atoms with Crippen molar-refractivity contribution in [1.29, 1.82) is 0 Å². The lowest BCUT2D eigenvalue weighted by Crippen LogP contribution is -2.37. The van der Waals surface area contributed by atoms with E-state index in [0.29, 0.717) is 31.3 Å². The van der Waals surface area contributed by atoms with E-state index in [4.69, 9.17) is 13.7 Å². The molecule has 152 valence electrons. The molecule has 0 bridgehead atoms. The summed E-state index contributed by atoms with van der Waals surface area (Å²) in [5.74, 6) is 0.717. The lowest BCUT2D eigenvalue weighted by Gasteiger charge is -2.25. The molecule has 0 aliphatic carbocycles. The first-order valence-corrected chi connectivity index (χ1v) is 9.98. The average Bonchev–Trinajstić information content (AvgIpc) is 3.51. The number of ether oxygens (including phenoxy) is 1. The number of aromatic nitrogens is 1. The highest BCUT2D eigenvalue weighted by molar-refractivity contribution is 5.91. The van der Waals surface area contributed by atoms with Crippen LogP contribution in [0.2, 0.25) is 0 Å². The molecule has 29 heavy (non-hydrogen) atoms. The van der Waals surface area contributed by atoms with Crippen LogP contribution in [-0.2, 0) is 11.3 Å². The van der Waals surface area contributed by atoms with Crippen LogP contribution in [0.1, 0.15) is 35.9 Å². The van der Waals surface area contributed by atoms with Gasteiger partial charge in [0.1, 0.15) is 5.69 Å². The van der Waals surface area contributed by atoms with E-state index in [9.17, 15) is 4.79 Å². The van der Waals surface area contributed by atoms with Crippen LogP contribution in [0.4, 0.5) is 5.88 Å². The summed E-state index contributed by atoms with van der Waals surface area (Å²) in [4.78, 5) is 14.9. The summed E-state index contributed by atoms with van der Waals surface area (Å²) in [6.07, 6.45) is 3.49. The molecule has 2 aromatic heterocycles. The van der Waals surface area contributed by atoms with Crippen LogP contribution in [0.15, 0.2) is 57.7 Å². The molecule has 3 heterocycles. The minimum atomic E-state index is -0.173. The second kappa shape index (κ2) is 8.96. The van der Waals surface area contributed by atoms with Crippen molar-refractivity contribution in [2.24, 2.45) is 0 Å². The fourth-order valence-electron chi connectivity index (χ4n) is 3.58. The third-order valence-corrected chi connectivity index (χ3v) is 4.99. The second-order valence-electron chi connectivity index (χ2n) is 7.03. The minimum absolute atomic E-state index is 0.0246. The highest BCUT2D eigenvalue weighted by atomic mass is 16.5. The van der Waals surface area contributed by atoms with E-state index in [0.717, 1.165) is 36.3 Å². The summed E-state index contributed by atoms with van der Waals surface area (Å²) in [5, 5.41) is 7.50. The van der Waals surface area contributed by atoms with E-state index >= 15 is 0 Å². The van der Waals surface area contributed by atoms with Crippen LogP contribution in [-0.4, -0.2) is 41.8 Å². The predicted molar refractivity (Wildman–Crippen MR) is 109 cm³/mol. The quantitative estimate of drug-likeness (QED) is 0.616. The zero-order valence-electron chi connectivity index (χ0n) is 16.5. The molecule has 0 radical (unpaired) electrons. The lowest BCUT2D eigenvalue weighted by molar-refractivity contribution is 0.0484. The van der Waals surface area contributed by atoms with Gasteiger partial charge in [0, 0.05) is 25.3 Å². The molecule has 0 spiro atoms. The number of nitrogens with one attached hydrogen (secondary N) is 1. The van der Waals surface area contributed by atoms with Crippen molar-refractivity contribution in [3.05, 3.63) is 60.1 Å². The van der Waals surface area contributed by atoms with E-state index in [1.54, 1.807) is 17.0 Å². The van der Waals surface area contributed by atoms with E-state index in [1.165, 1.54) is 6.26 Å². The van der Waals surface area contributed by atoms with Crippen molar-refractivity contribution >= 4 is 11.8 Å². The molecule has 1 saturated heterocycles. The van der Waals surface area contributed by atoms with Gasteiger partial charge in [0.25, 0.3) is 5.91 Å². The van der Waals surface area contributed by atoms with E-state index < -0.39 is 0 Å². The largest absolute Gasteiger partial charge is 0.459 e. The molecule has 4 rings (SSSR count). The number of amides is 1. The van der Waals surface area contributed by atoms with Crippen LogP contribution in [0.5, 0.6) is 0 Å². The highest BCUT2D eigenvalue weighted by Gasteiger charge is 2.28. The maximum Gasteiger partial charge on any atom is 0.289 e. The van der Waals surface area contributed by atoms with E-state index in [1.807, 2.05) is 37.3 Å². The topological polar surface area (TPSA) is 80.7 Å². The number of carbonyl (C=O) groups is 1. The van der Waals surface area contributed by atoms with Gasteiger partial charge in [-0.2, -0.15) is 0 Å². The van der Waals surface area contributed by atoms with Gasteiger partial charge in [-0.25, -0.2) is 0 Å². The number of furan rings is 1. The number of nitrogens with zero attached hydrogens (tertiary/aromatic N) is 2. The third-order valence-electron chi connectivity index (χ3n) is 4.99. The van der Waals surface area contributed by atoms with Crippen LogP contribution >= 0.6 is 0 Å². The Bertz CT molecular complexity index is 915. The smallest absolute Gasteiger partial charge is 0.289 e. The number of rotatable bonds is 8. The van der Waals surface area contributed by atoms with Gasteiger partial charge >= 0.3 is 0 Å². The van der Waals surface area contributed by atoms with Gasteiger partial charge < -0.3 is 23.9 Å². The molecule has 1 fully saturated rings. The van der Waals surface area contributed by atoms with Crippen molar-refractivity contribution in [2.45, 2.75) is 32.4 Å². The fraction of sp³-hybridized carbons (Fsp3) is 0.364. The van der Waals surface area contributed by atoms with Gasteiger partial charge in [-0.1, -0.05) is 35.5 Å². The number of benzene rings is 1. The summed E-state index contributed by atoms with van der Waals surface area (Å²) >= 11 is 0. The molecular formula is C22H25N3O4. The fourth-order valence-corrected chi connectivity index (χ4v) is 3.58. The van der Waals surface area contributed by atoms with Gasteiger partial charge in [0.05, 0.1) is 24.5 Å². The molecule has 1 N–H and O–H groups in total. The van der Waals surface area contributed by atoms with Gasteiger partial charge in [-0.3, -0.25) is 4.79 Å². The van der Waals surface area contributed by atoms with Crippen molar-refractivity contribution < 1.29 is 18.5 Å². The predicted octanol–water partition coefficient (Wildman–Crippen LogP) is 4.19. The van der Waals surface area contributed by atoms with Crippen LogP contribution in [0, 0.1) is 0 Å². The molecule has 1 amide bonds. The highest BCUT2D eigenvalue weighted by Crippen LogP contribution is 2.31. The Morgan fingerprint density at radius 1 is 1.24 bits per heavy atom. The molecule has 7 heteroatoms. The Kier molecular flexibility index (Phi) is 5.95. The summed E-state index contributed by atoms with van der Waals surface area (Å²) in [6, 6.07) is 13.2. The zero-order valence-corrected chi connectivity index (χ0v) is 16.5. The standard InChI is InChI=1S/C22H25N3O4/c1-2-23-21-18(20(24-29-21)16-8-4-3-5-9-16)15-25(14-17-10-6-12-27-17)22(26)19-11-7-13-28-19/h3-5,7-9,11,13,17,23H,2,6,10,12,14-15H2,1H3. The van der Waals surface area contributed by atoms with Crippen LogP contribution in [0.3, 0.4) is 0 Å². The molecular weight excluding hydrogens is 370 g/mol. The van der Waals surface area contributed by atoms with Crippen molar-refractivity contribution in [1.82, 2.24) is 10.1 Å². The monoisotopic (exact) mass is 395 g/mol. The Labute approximate surface area is 169 Å². The minimum Gasteiger partial charge on any atom is -0.459 e. The molecule has 1 unspecified atom stereocenters. The first kappa shape index (κ1) is 19.3. The van der Waals surface area contributed by atoms with Crippen LogP contribution < -0.4 is 5.32 Å². The van der Waals surface area contributed by atoms with Crippen molar-refractivity contribution in [3.8, 4) is 11.3 Å². The number of hydrogen-bond acceptors (Lipinski definition) is 6. The van der Waals surface area contributed by atoms with Gasteiger partial charge in [0.15, 0.2) is 5.76 Å². The summed E-state index contributed by atoms with van der Waals surface area (Å²) < 4.78 is 16.7. The molecule has 1 aliphatic rings. The SMILES string of the molecule is CCNc1onc(-c2ccccc2)c1CN(CC1CCCO1)C(=O)c1ccco1. The van der Waals surface area contributed by atoms with Gasteiger partial charge in [-0.05, 0) is 31.9 Å². The maximum absolute atomic E-state index is 13.1. The van der Waals surface area contributed by atoms with E-state index in [2.05, 4.69) is 10.5 Å². The second-order valence-corrected chi connectivity index (χ2v) is 7.03. The Morgan fingerprint density at radius 3 is 2.79 bits per heavy atom. The third kappa shape index (κ3) is 4.35. The Morgan fingerprint density at radius 2 is 2.10 bits per heavy atom. The van der Waals surface area contributed by atoms with Crippen molar-refractivity contribution in [3.63, 3.8) is 0 Å². The molecule has 0 saturated carbocycles. The normalized spacial score (nSPS) is 16.1. The number of carbonyl (C=O) groups excluding carboxylic acids is 1. The number of hydrogen-bond donors (Lipinski definition) is 1. The first-order valence-electron chi connectivity index (χ1n) is 9.98. The molecule has 1 aliphatic heterocycles. The van der Waals surface area contributed by atoms with Gasteiger partial charge in [0.2, 0.25) is 5.88 Å². The first-order chi connectivity index (χ1) is 14.3. The summed E-state index contributed by atoms with van der Waals surface area (Å²) in [7, 11) is 0. The van der Waals surface area contributed by atoms with Gasteiger partial charge in [-0.15, -0.1) is 0 Å². The lowest BCUT2D eigenvalue weighted by atomic mass is 10.1. The summed E-state index contributed by atoms with van der Waals surface area (Å²) in [5.41, 5.74) is 2.51. The maximum atomic E-state index is 13.1. The molecule has 7 nitrogen and oxygen atoms in total. The Balaban J connectivity index is 1.67.